The molecule has 0 spiro atoms. The Bertz CT molecular complexity index is 452. The van der Waals surface area contributed by atoms with E-state index in [1.165, 1.54) is 5.56 Å². The number of carbonyl (C=O) groups is 1. The van der Waals surface area contributed by atoms with Crippen molar-refractivity contribution >= 4 is 5.78 Å². The first kappa shape index (κ1) is 14.0. The van der Waals surface area contributed by atoms with Crippen molar-refractivity contribution < 1.29 is 4.79 Å². The van der Waals surface area contributed by atoms with Crippen molar-refractivity contribution in [3.63, 3.8) is 0 Å². The van der Waals surface area contributed by atoms with Crippen LogP contribution in [0.15, 0.2) is 43.0 Å². The Morgan fingerprint density at radius 1 is 1.37 bits per heavy atom. The van der Waals surface area contributed by atoms with Crippen molar-refractivity contribution in [2.24, 2.45) is 5.92 Å². The maximum Gasteiger partial charge on any atom is 0.136 e. The van der Waals surface area contributed by atoms with Crippen molar-refractivity contribution in [3.05, 3.63) is 48.6 Å². The van der Waals surface area contributed by atoms with Gasteiger partial charge in [0.2, 0.25) is 0 Å². The lowest BCUT2D eigenvalue weighted by atomic mass is 9.69. The third-order valence-corrected chi connectivity index (χ3v) is 4.44. The van der Waals surface area contributed by atoms with Crippen LogP contribution >= 0.6 is 0 Å². The highest BCUT2D eigenvalue weighted by Gasteiger charge is 2.42. The molecule has 0 heterocycles. The zero-order valence-corrected chi connectivity index (χ0v) is 11.9. The summed E-state index contributed by atoms with van der Waals surface area (Å²) in [5.74, 6) is 0.516. The lowest BCUT2D eigenvalue weighted by molar-refractivity contribution is -0.128. The van der Waals surface area contributed by atoms with Crippen molar-refractivity contribution in [1.82, 2.24) is 4.90 Å². The first-order valence-corrected chi connectivity index (χ1v) is 6.97. The van der Waals surface area contributed by atoms with Gasteiger partial charge in [0.1, 0.15) is 5.78 Å². The third-order valence-electron chi connectivity index (χ3n) is 4.44. The van der Waals surface area contributed by atoms with Gasteiger partial charge in [0.25, 0.3) is 0 Å². The Morgan fingerprint density at radius 2 is 2.05 bits per heavy atom. The number of rotatable bonds is 4. The highest BCUT2D eigenvalue weighted by Crippen LogP contribution is 2.43. The molecule has 1 fully saturated rings. The topological polar surface area (TPSA) is 20.3 Å². The Kier molecular flexibility index (Phi) is 4.20. The van der Waals surface area contributed by atoms with E-state index in [1.807, 2.05) is 12.1 Å². The van der Waals surface area contributed by atoms with Crippen LogP contribution in [0.4, 0.5) is 0 Å². The Labute approximate surface area is 116 Å². The predicted molar refractivity (Wildman–Crippen MR) is 79.0 cm³/mol. The molecule has 1 aromatic rings. The van der Waals surface area contributed by atoms with Gasteiger partial charge in [0.05, 0.1) is 0 Å². The Morgan fingerprint density at radius 3 is 2.63 bits per heavy atom. The summed E-state index contributed by atoms with van der Waals surface area (Å²) >= 11 is 0. The SMILES string of the molecule is C=CCC1CC(c2ccccc2)(N(C)C)CCC1=O. The maximum atomic E-state index is 12.1. The van der Waals surface area contributed by atoms with Gasteiger partial charge in [0.15, 0.2) is 0 Å². The van der Waals surface area contributed by atoms with Crippen LogP contribution in [0.3, 0.4) is 0 Å². The molecule has 0 aliphatic heterocycles. The number of nitrogens with zero attached hydrogens (tertiary/aromatic N) is 1. The summed E-state index contributed by atoms with van der Waals surface area (Å²) in [6.07, 6.45) is 5.15. The monoisotopic (exact) mass is 257 g/mol. The molecule has 102 valence electrons. The summed E-state index contributed by atoms with van der Waals surface area (Å²) in [6, 6.07) is 10.6. The van der Waals surface area contributed by atoms with E-state index < -0.39 is 0 Å². The third kappa shape index (κ3) is 2.64. The van der Waals surface area contributed by atoms with Gasteiger partial charge < -0.3 is 0 Å². The molecular weight excluding hydrogens is 234 g/mol. The second kappa shape index (κ2) is 5.70. The van der Waals surface area contributed by atoms with Crippen LogP contribution in [-0.2, 0) is 10.3 Å². The summed E-state index contributed by atoms with van der Waals surface area (Å²) in [5, 5.41) is 0. The van der Waals surface area contributed by atoms with Crippen molar-refractivity contribution in [2.75, 3.05) is 14.1 Å². The fourth-order valence-corrected chi connectivity index (χ4v) is 3.25. The van der Waals surface area contributed by atoms with E-state index in [1.54, 1.807) is 0 Å². The molecule has 0 saturated heterocycles. The van der Waals surface area contributed by atoms with E-state index in [-0.39, 0.29) is 11.5 Å². The van der Waals surface area contributed by atoms with E-state index in [0.29, 0.717) is 12.2 Å². The van der Waals surface area contributed by atoms with Crippen LogP contribution in [0.5, 0.6) is 0 Å². The molecule has 2 heteroatoms. The fraction of sp³-hybridized carbons (Fsp3) is 0.471. The Hall–Kier alpha value is -1.41. The van der Waals surface area contributed by atoms with Crippen molar-refractivity contribution in [1.29, 1.82) is 0 Å². The quantitative estimate of drug-likeness (QED) is 0.771. The normalized spacial score (nSPS) is 27.5. The van der Waals surface area contributed by atoms with Crippen LogP contribution < -0.4 is 0 Å². The number of Topliss-reactive ketones (excluding diaryl/α,β-unsaturated/α-hetero) is 1. The molecule has 1 aromatic carbocycles. The van der Waals surface area contributed by atoms with Gasteiger partial charge in [-0.3, -0.25) is 9.69 Å². The molecule has 19 heavy (non-hydrogen) atoms. The second-order valence-corrected chi connectivity index (χ2v) is 5.68. The van der Waals surface area contributed by atoms with Gasteiger partial charge in [-0.05, 0) is 38.9 Å². The van der Waals surface area contributed by atoms with Crippen molar-refractivity contribution in [2.45, 2.75) is 31.2 Å². The van der Waals surface area contributed by atoms with Crippen LogP contribution in [-0.4, -0.2) is 24.8 Å². The minimum atomic E-state index is -0.0111. The lowest BCUT2D eigenvalue weighted by Crippen LogP contribution is -2.47. The number of hydrogen-bond acceptors (Lipinski definition) is 2. The average Bonchev–Trinajstić information content (AvgIpc) is 2.42. The molecule has 2 rings (SSSR count). The van der Waals surface area contributed by atoms with Gasteiger partial charge >= 0.3 is 0 Å². The van der Waals surface area contributed by atoms with Crippen molar-refractivity contribution in [3.8, 4) is 0 Å². The first-order valence-electron chi connectivity index (χ1n) is 6.97. The summed E-state index contributed by atoms with van der Waals surface area (Å²) in [5.41, 5.74) is 1.31. The average molecular weight is 257 g/mol. The highest BCUT2D eigenvalue weighted by molar-refractivity contribution is 5.82. The minimum Gasteiger partial charge on any atom is -0.300 e. The molecule has 2 nitrogen and oxygen atoms in total. The lowest BCUT2D eigenvalue weighted by Gasteiger charge is -2.45. The van der Waals surface area contributed by atoms with E-state index in [0.717, 1.165) is 19.3 Å². The number of ketones is 1. The molecule has 2 unspecified atom stereocenters. The molecule has 1 saturated carbocycles. The second-order valence-electron chi connectivity index (χ2n) is 5.68. The van der Waals surface area contributed by atoms with Crippen LogP contribution in [0, 0.1) is 5.92 Å². The predicted octanol–water partition coefficient (Wildman–Crippen LogP) is 3.39. The number of carbonyl (C=O) groups excluding carboxylic acids is 1. The zero-order chi connectivity index (χ0) is 13.9. The van der Waals surface area contributed by atoms with E-state index >= 15 is 0 Å². The smallest absolute Gasteiger partial charge is 0.136 e. The fourth-order valence-electron chi connectivity index (χ4n) is 3.25. The largest absolute Gasteiger partial charge is 0.300 e. The van der Waals surface area contributed by atoms with E-state index in [4.69, 9.17) is 0 Å². The van der Waals surface area contributed by atoms with Crippen LogP contribution in [0.25, 0.3) is 0 Å². The van der Waals surface area contributed by atoms with Gasteiger partial charge in [0, 0.05) is 17.9 Å². The number of hydrogen-bond donors (Lipinski definition) is 0. The number of benzene rings is 1. The first-order chi connectivity index (χ1) is 9.10. The molecule has 0 aromatic heterocycles. The molecule has 0 bridgehead atoms. The minimum absolute atomic E-state index is 0.0111. The van der Waals surface area contributed by atoms with Crippen LogP contribution in [0.2, 0.25) is 0 Å². The summed E-state index contributed by atoms with van der Waals surface area (Å²) in [4.78, 5) is 14.3. The molecule has 1 aliphatic carbocycles. The number of allylic oxidation sites excluding steroid dienone is 1. The molecule has 0 radical (unpaired) electrons. The molecule has 0 N–H and O–H groups in total. The summed E-state index contributed by atoms with van der Waals surface area (Å²) < 4.78 is 0. The molecule has 0 amide bonds. The van der Waals surface area contributed by atoms with Gasteiger partial charge in [-0.2, -0.15) is 0 Å². The molecular formula is C17H23NO. The van der Waals surface area contributed by atoms with Gasteiger partial charge in [-0.15, -0.1) is 6.58 Å². The van der Waals surface area contributed by atoms with Crippen LogP contribution in [0.1, 0.15) is 31.2 Å². The maximum absolute atomic E-state index is 12.1. The summed E-state index contributed by atoms with van der Waals surface area (Å²) in [7, 11) is 4.24. The summed E-state index contributed by atoms with van der Waals surface area (Å²) in [6.45, 7) is 3.79. The van der Waals surface area contributed by atoms with E-state index in [9.17, 15) is 4.79 Å². The molecule has 2 atom stereocenters. The standard InChI is InChI=1S/C17H23NO/c1-4-8-14-13-17(18(2)3,12-11-16(14)19)15-9-6-5-7-10-15/h4-7,9-10,14H,1,8,11-13H2,2-3H3. The van der Waals surface area contributed by atoms with Gasteiger partial charge in [-0.25, -0.2) is 0 Å². The zero-order valence-electron chi connectivity index (χ0n) is 11.9. The van der Waals surface area contributed by atoms with E-state index in [2.05, 4.69) is 49.8 Å². The molecule has 1 aliphatic rings. The van der Waals surface area contributed by atoms with Gasteiger partial charge in [-0.1, -0.05) is 36.4 Å². The Balaban J connectivity index is 2.35. The highest BCUT2D eigenvalue weighted by atomic mass is 16.1.